The zero-order chi connectivity index (χ0) is 21.1. The highest BCUT2D eigenvalue weighted by Crippen LogP contribution is 2.33. The summed E-state index contributed by atoms with van der Waals surface area (Å²) < 4.78 is 53.1. The minimum atomic E-state index is -4.42. The molecule has 0 heterocycles. The Balaban J connectivity index is 2.39. The highest BCUT2D eigenvalue weighted by molar-refractivity contribution is 5.91. The van der Waals surface area contributed by atoms with Gasteiger partial charge >= 0.3 is 6.18 Å². The van der Waals surface area contributed by atoms with Crippen LogP contribution in [0.2, 0.25) is 0 Å². The molecule has 0 radical (unpaired) electrons. The topological polar surface area (TPSA) is 32.3 Å². The van der Waals surface area contributed by atoms with E-state index in [0.29, 0.717) is 16.8 Å². The van der Waals surface area contributed by atoms with E-state index in [1.165, 1.54) is 19.1 Å². The molecule has 0 aliphatic rings. The van der Waals surface area contributed by atoms with E-state index in [0.717, 1.165) is 12.1 Å². The third-order valence-corrected chi connectivity index (χ3v) is 4.26. The van der Waals surface area contributed by atoms with Crippen molar-refractivity contribution in [3.63, 3.8) is 0 Å². The molecule has 0 saturated heterocycles. The molecule has 148 valence electrons. The van der Waals surface area contributed by atoms with E-state index < -0.39 is 17.6 Å². The van der Waals surface area contributed by atoms with Crippen molar-refractivity contribution >= 4 is 17.3 Å². The van der Waals surface area contributed by atoms with Gasteiger partial charge in [-0.3, -0.25) is 4.79 Å². The number of alkyl halides is 3. The van der Waals surface area contributed by atoms with Gasteiger partial charge in [0.2, 0.25) is 5.91 Å². The minimum Gasteiger partial charge on any atom is -0.354 e. The van der Waals surface area contributed by atoms with Crippen LogP contribution < -0.4 is 10.2 Å². The summed E-state index contributed by atoms with van der Waals surface area (Å²) in [5.74, 6) is 1.58. The molecule has 0 aliphatic heterocycles. The number of carbonyl (C=O) groups is 1. The van der Waals surface area contributed by atoms with Crippen molar-refractivity contribution in [3.05, 3.63) is 58.4 Å². The fourth-order valence-electron chi connectivity index (χ4n) is 2.89. The van der Waals surface area contributed by atoms with E-state index in [1.807, 2.05) is 0 Å². The summed E-state index contributed by atoms with van der Waals surface area (Å²) in [6.07, 6.45) is 0.984. The smallest absolute Gasteiger partial charge is 0.354 e. The predicted octanol–water partition coefficient (Wildman–Crippen LogP) is 5.06. The highest BCUT2D eigenvalue weighted by Gasteiger charge is 2.30. The van der Waals surface area contributed by atoms with Crippen molar-refractivity contribution in [1.29, 1.82) is 0 Å². The van der Waals surface area contributed by atoms with Crippen molar-refractivity contribution in [3.8, 4) is 12.3 Å². The Morgan fingerprint density at radius 1 is 1.21 bits per heavy atom. The quantitative estimate of drug-likeness (QED) is 0.570. The average Bonchev–Trinajstić information content (AvgIpc) is 2.61. The number of nitrogens with zero attached hydrogens (tertiary/aromatic N) is 1. The van der Waals surface area contributed by atoms with E-state index in [4.69, 9.17) is 6.42 Å². The number of rotatable bonds is 5. The summed E-state index contributed by atoms with van der Waals surface area (Å²) in [7, 11) is 0. The lowest BCUT2D eigenvalue weighted by Crippen LogP contribution is -2.25. The number of nitrogens with one attached hydrogen (secondary N) is 1. The van der Waals surface area contributed by atoms with E-state index >= 15 is 0 Å². The van der Waals surface area contributed by atoms with Gasteiger partial charge in [-0.2, -0.15) is 13.2 Å². The number of amides is 1. The molecule has 2 aromatic rings. The molecule has 0 bridgehead atoms. The third-order valence-electron chi connectivity index (χ3n) is 4.26. The van der Waals surface area contributed by atoms with Gasteiger partial charge in [0.1, 0.15) is 0 Å². The molecule has 1 N–H and O–H groups in total. The zero-order valence-corrected chi connectivity index (χ0v) is 15.7. The molecule has 1 amide bonds. The molecule has 0 spiro atoms. The van der Waals surface area contributed by atoms with Crippen LogP contribution in [-0.4, -0.2) is 12.5 Å². The first-order valence-corrected chi connectivity index (χ1v) is 8.46. The Morgan fingerprint density at radius 2 is 1.82 bits per heavy atom. The van der Waals surface area contributed by atoms with Gasteiger partial charge in [-0.25, -0.2) is 4.39 Å². The molecule has 0 fully saturated rings. The number of hydrogen-bond donors (Lipinski definition) is 1. The number of benzene rings is 2. The van der Waals surface area contributed by atoms with E-state index in [-0.39, 0.29) is 30.2 Å². The highest BCUT2D eigenvalue weighted by atomic mass is 19.4. The van der Waals surface area contributed by atoms with Gasteiger partial charge in [-0.1, -0.05) is 18.1 Å². The van der Waals surface area contributed by atoms with Gasteiger partial charge in [-0.05, 0) is 43.2 Å². The van der Waals surface area contributed by atoms with Gasteiger partial charge in [-0.15, -0.1) is 6.42 Å². The fourth-order valence-corrected chi connectivity index (χ4v) is 2.89. The predicted molar refractivity (Wildman–Crippen MR) is 102 cm³/mol. The molecule has 2 rings (SSSR count). The van der Waals surface area contributed by atoms with Crippen molar-refractivity contribution in [1.82, 2.24) is 0 Å². The summed E-state index contributed by atoms with van der Waals surface area (Å²) in [6, 6.07) is 6.21. The monoisotopic (exact) mass is 392 g/mol. The zero-order valence-electron chi connectivity index (χ0n) is 15.7. The molecule has 0 unspecified atom stereocenters. The summed E-state index contributed by atoms with van der Waals surface area (Å²) >= 11 is 0. The first-order valence-electron chi connectivity index (χ1n) is 8.46. The number of terminal acetylenes is 1. The molecule has 0 atom stereocenters. The Hall–Kier alpha value is -3.01. The van der Waals surface area contributed by atoms with Crippen molar-refractivity contribution in [2.75, 3.05) is 16.8 Å². The Bertz CT molecular complexity index is 912. The molecule has 28 heavy (non-hydrogen) atoms. The molecule has 3 nitrogen and oxygen atoms in total. The van der Waals surface area contributed by atoms with Crippen molar-refractivity contribution in [2.45, 2.75) is 33.5 Å². The van der Waals surface area contributed by atoms with Gasteiger partial charge < -0.3 is 10.2 Å². The van der Waals surface area contributed by atoms with Gasteiger partial charge in [0.25, 0.3) is 0 Å². The van der Waals surface area contributed by atoms with Crippen LogP contribution in [0.4, 0.5) is 28.9 Å². The molecule has 2 aromatic carbocycles. The molecule has 0 saturated carbocycles. The van der Waals surface area contributed by atoms with Crippen LogP contribution >= 0.6 is 0 Å². The number of anilines is 2. The number of halogens is 4. The standard InChI is InChI=1S/C21H20F4N2O/c1-5-10-27(12-16-6-8-17(9-7-16)21(23,24)25)18-11-13(2)20(26-15(4)28)14(3)19(18)22/h1,6-9,11H,10,12H2,2-4H3,(H,26,28). The second-order valence-corrected chi connectivity index (χ2v) is 6.46. The first kappa shape index (κ1) is 21.3. The summed E-state index contributed by atoms with van der Waals surface area (Å²) in [6.45, 7) is 4.81. The SMILES string of the molecule is C#CCN(Cc1ccc(C(F)(F)F)cc1)c1cc(C)c(NC(C)=O)c(C)c1F. The fraction of sp³-hybridized carbons (Fsp3) is 0.286. The van der Waals surface area contributed by atoms with Crippen LogP contribution in [0.5, 0.6) is 0 Å². The Kier molecular flexibility index (Phi) is 6.34. The van der Waals surface area contributed by atoms with Crippen molar-refractivity contribution in [2.24, 2.45) is 0 Å². The minimum absolute atomic E-state index is 0.0658. The molecular formula is C21H20F4N2O. The van der Waals surface area contributed by atoms with E-state index in [1.54, 1.807) is 24.8 Å². The van der Waals surface area contributed by atoms with Gasteiger partial charge in [0, 0.05) is 24.7 Å². The van der Waals surface area contributed by atoms with Gasteiger partial charge in [0.05, 0.1) is 17.8 Å². The first-order chi connectivity index (χ1) is 13.0. The Labute approximate surface area is 161 Å². The maximum atomic E-state index is 15.0. The van der Waals surface area contributed by atoms with Crippen LogP contribution in [0, 0.1) is 32.0 Å². The number of carbonyl (C=O) groups excluding carboxylic acids is 1. The average molecular weight is 392 g/mol. The van der Waals surface area contributed by atoms with Crippen molar-refractivity contribution < 1.29 is 22.4 Å². The number of hydrogen-bond acceptors (Lipinski definition) is 2. The molecule has 7 heteroatoms. The molecule has 0 aliphatic carbocycles. The second kappa shape index (κ2) is 8.34. The van der Waals surface area contributed by atoms with E-state index in [2.05, 4.69) is 11.2 Å². The summed E-state index contributed by atoms with van der Waals surface area (Å²) in [5, 5.41) is 2.61. The summed E-state index contributed by atoms with van der Waals surface area (Å²) in [5.41, 5.74) is 1.34. The van der Waals surface area contributed by atoms with Gasteiger partial charge in [0.15, 0.2) is 5.82 Å². The normalized spacial score (nSPS) is 11.1. The maximum Gasteiger partial charge on any atom is 0.416 e. The van der Waals surface area contributed by atoms with Crippen LogP contribution in [0.3, 0.4) is 0 Å². The van der Waals surface area contributed by atoms with Crippen LogP contribution in [0.1, 0.15) is 29.2 Å². The Morgan fingerprint density at radius 3 is 2.32 bits per heavy atom. The van der Waals surface area contributed by atoms with Crippen LogP contribution in [-0.2, 0) is 17.5 Å². The number of aryl methyl sites for hydroxylation is 1. The molecule has 0 aromatic heterocycles. The van der Waals surface area contributed by atoms with Crippen LogP contribution in [0.15, 0.2) is 30.3 Å². The third kappa shape index (κ3) is 4.83. The lowest BCUT2D eigenvalue weighted by atomic mass is 10.0. The second-order valence-electron chi connectivity index (χ2n) is 6.46. The lowest BCUT2D eigenvalue weighted by molar-refractivity contribution is -0.137. The maximum absolute atomic E-state index is 15.0. The largest absolute Gasteiger partial charge is 0.416 e. The van der Waals surface area contributed by atoms with Crippen LogP contribution in [0.25, 0.3) is 0 Å². The summed E-state index contributed by atoms with van der Waals surface area (Å²) in [4.78, 5) is 12.9. The lowest BCUT2D eigenvalue weighted by Gasteiger charge is -2.26. The van der Waals surface area contributed by atoms with E-state index in [9.17, 15) is 22.4 Å². The molecular weight excluding hydrogens is 372 g/mol.